The first-order valence-corrected chi connectivity index (χ1v) is 7.95. The van der Waals surface area contributed by atoms with Crippen molar-refractivity contribution in [3.63, 3.8) is 0 Å². The van der Waals surface area contributed by atoms with Crippen LogP contribution in [-0.4, -0.2) is 16.1 Å². The molecule has 2 aromatic rings. The van der Waals surface area contributed by atoms with Crippen molar-refractivity contribution in [1.82, 2.24) is 14.9 Å². The van der Waals surface area contributed by atoms with Gasteiger partial charge in [-0.25, -0.2) is 4.98 Å². The minimum absolute atomic E-state index is 0.0434. The van der Waals surface area contributed by atoms with Gasteiger partial charge in [-0.15, -0.1) is 11.3 Å². The molecule has 0 amide bonds. The lowest BCUT2D eigenvalue weighted by Crippen LogP contribution is -2.29. The average Bonchev–Trinajstić information content (AvgIpc) is 2.80. The highest BCUT2D eigenvalue weighted by atomic mass is 127. The van der Waals surface area contributed by atoms with Gasteiger partial charge in [-0.3, -0.25) is 9.36 Å². The van der Waals surface area contributed by atoms with Crippen LogP contribution < -0.4 is 10.9 Å². The van der Waals surface area contributed by atoms with E-state index < -0.39 is 0 Å². The molecule has 2 heterocycles. The summed E-state index contributed by atoms with van der Waals surface area (Å²) in [5, 5.41) is 3.35. The van der Waals surface area contributed by atoms with Crippen LogP contribution in [0.5, 0.6) is 0 Å². The van der Waals surface area contributed by atoms with E-state index in [-0.39, 0.29) is 5.56 Å². The van der Waals surface area contributed by atoms with E-state index in [1.165, 1.54) is 9.75 Å². The minimum atomic E-state index is 0.0434. The molecule has 2 aromatic heterocycles. The summed E-state index contributed by atoms with van der Waals surface area (Å²) in [5.74, 6) is 0. The Morgan fingerprint density at radius 2 is 2.21 bits per heavy atom. The lowest BCUT2D eigenvalue weighted by Gasteiger charge is -2.07. The molecule has 6 heteroatoms. The molecule has 1 N–H and O–H groups in total. The Morgan fingerprint density at radius 1 is 1.42 bits per heavy atom. The molecular weight excluding hydrogens is 373 g/mol. The zero-order valence-electron chi connectivity index (χ0n) is 10.9. The summed E-state index contributed by atoms with van der Waals surface area (Å²) < 4.78 is 2.36. The van der Waals surface area contributed by atoms with Gasteiger partial charge in [0.25, 0.3) is 5.56 Å². The first-order chi connectivity index (χ1) is 9.08. The van der Waals surface area contributed by atoms with Gasteiger partial charge in [-0.1, -0.05) is 0 Å². The van der Waals surface area contributed by atoms with Crippen LogP contribution in [0.3, 0.4) is 0 Å². The summed E-state index contributed by atoms with van der Waals surface area (Å²) in [6.45, 7) is 6.21. The monoisotopic (exact) mass is 389 g/mol. The first-order valence-electron chi connectivity index (χ1n) is 6.05. The van der Waals surface area contributed by atoms with E-state index in [1.54, 1.807) is 22.2 Å². The smallest absolute Gasteiger partial charge is 0.267 e. The van der Waals surface area contributed by atoms with Crippen molar-refractivity contribution in [1.29, 1.82) is 0 Å². The van der Waals surface area contributed by atoms with E-state index in [1.807, 2.05) is 6.92 Å². The molecule has 0 aliphatic rings. The fraction of sp³-hybridized carbons (Fsp3) is 0.385. The molecule has 0 saturated carbocycles. The number of hydrogen-bond acceptors (Lipinski definition) is 4. The molecule has 4 nitrogen and oxygen atoms in total. The minimum Gasteiger partial charge on any atom is -0.310 e. The van der Waals surface area contributed by atoms with Crippen LogP contribution in [0.25, 0.3) is 0 Å². The van der Waals surface area contributed by atoms with Crippen molar-refractivity contribution >= 4 is 33.9 Å². The number of nitrogens with one attached hydrogen (secondary N) is 1. The Labute approximate surface area is 130 Å². The summed E-state index contributed by atoms with van der Waals surface area (Å²) in [7, 11) is 0. The highest BCUT2D eigenvalue weighted by molar-refractivity contribution is 14.1. The maximum Gasteiger partial charge on any atom is 0.267 e. The van der Waals surface area contributed by atoms with Crippen LogP contribution >= 0.6 is 33.9 Å². The summed E-state index contributed by atoms with van der Waals surface area (Å²) in [6, 6.07) is 4.26. The van der Waals surface area contributed by atoms with Gasteiger partial charge in [-0.2, -0.15) is 0 Å². The molecule has 0 bridgehead atoms. The highest BCUT2D eigenvalue weighted by Gasteiger charge is 2.04. The highest BCUT2D eigenvalue weighted by Crippen LogP contribution is 2.14. The van der Waals surface area contributed by atoms with Gasteiger partial charge in [0.2, 0.25) is 0 Å². The molecule has 0 aliphatic carbocycles. The van der Waals surface area contributed by atoms with Crippen LogP contribution in [0.4, 0.5) is 0 Å². The molecule has 0 aromatic carbocycles. The Morgan fingerprint density at radius 3 is 2.89 bits per heavy atom. The van der Waals surface area contributed by atoms with E-state index in [0.717, 1.165) is 18.8 Å². The molecule has 0 saturated heterocycles. The van der Waals surface area contributed by atoms with Gasteiger partial charge < -0.3 is 5.32 Å². The molecule has 0 radical (unpaired) electrons. The van der Waals surface area contributed by atoms with E-state index in [2.05, 4.69) is 51.9 Å². The number of aromatic nitrogens is 2. The Hall–Kier alpha value is -0.730. The predicted molar refractivity (Wildman–Crippen MR) is 86.7 cm³/mol. The summed E-state index contributed by atoms with van der Waals surface area (Å²) in [4.78, 5) is 18.8. The topological polar surface area (TPSA) is 46.9 Å². The standard InChI is InChI=1S/C13H16IN3OS/c1-9-3-4-11(19-9)7-15-5-6-17-8-16-10(2)12(14)13(17)18/h3-4,8,15H,5-7H2,1-2H3. The molecule has 0 aliphatic heterocycles. The largest absolute Gasteiger partial charge is 0.310 e. The normalized spacial score (nSPS) is 10.9. The van der Waals surface area contributed by atoms with Crippen molar-refractivity contribution in [2.75, 3.05) is 6.54 Å². The Kier molecular flexibility index (Phi) is 5.12. The van der Waals surface area contributed by atoms with E-state index >= 15 is 0 Å². The van der Waals surface area contributed by atoms with Crippen molar-refractivity contribution in [3.8, 4) is 0 Å². The fourth-order valence-electron chi connectivity index (χ4n) is 1.70. The number of nitrogens with zero attached hydrogens (tertiary/aromatic N) is 2. The summed E-state index contributed by atoms with van der Waals surface area (Å²) >= 11 is 3.85. The molecule has 0 atom stereocenters. The van der Waals surface area contributed by atoms with Gasteiger partial charge in [0, 0.05) is 29.4 Å². The van der Waals surface area contributed by atoms with Crippen LogP contribution in [-0.2, 0) is 13.1 Å². The third-order valence-electron chi connectivity index (χ3n) is 2.78. The first kappa shape index (κ1) is 14.7. The Balaban J connectivity index is 1.86. The molecule has 2 rings (SSSR count). The molecule has 0 unspecified atom stereocenters. The van der Waals surface area contributed by atoms with Crippen molar-refractivity contribution < 1.29 is 0 Å². The summed E-state index contributed by atoms with van der Waals surface area (Å²) in [6.07, 6.45) is 1.62. The van der Waals surface area contributed by atoms with Crippen LogP contribution in [0, 0.1) is 17.4 Å². The SMILES string of the molecule is Cc1ccc(CNCCn2cnc(C)c(I)c2=O)s1. The molecular formula is C13H16IN3OS. The van der Waals surface area contributed by atoms with Gasteiger partial charge >= 0.3 is 0 Å². The van der Waals surface area contributed by atoms with E-state index in [4.69, 9.17) is 0 Å². The number of aryl methyl sites for hydroxylation is 2. The van der Waals surface area contributed by atoms with Crippen LogP contribution in [0.2, 0.25) is 0 Å². The number of halogens is 1. The van der Waals surface area contributed by atoms with Crippen molar-refractivity contribution in [2.45, 2.75) is 26.9 Å². The van der Waals surface area contributed by atoms with Crippen molar-refractivity contribution in [2.24, 2.45) is 0 Å². The maximum absolute atomic E-state index is 11.9. The van der Waals surface area contributed by atoms with Crippen LogP contribution in [0.15, 0.2) is 23.3 Å². The third-order valence-corrected chi connectivity index (χ3v) is 5.02. The van der Waals surface area contributed by atoms with Gasteiger partial charge in [0.15, 0.2) is 0 Å². The number of rotatable bonds is 5. The lowest BCUT2D eigenvalue weighted by atomic mass is 10.4. The van der Waals surface area contributed by atoms with Crippen molar-refractivity contribution in [3.05, 3.63) is 47.8 Å². The van der Waals surface area contributed by atoms with Gasteiger partial charge in [0.1, 0.15) is 0 Å². The van der Waals surface area contributed by atoms with Gasteiger partial charge in [-0.05, 0) is 48.6 Å². The fourth-order valence-corrected chi connectivity index (χ4v) is 3.01. The zero-order chi connectivity index (χ0) is 13.8. The predicted octanol–water partition coefficient (Wildman–Crippen LogP) is 2.32. The Bertz CT molecular complexity index is 621. The number of hydrogen-bond donors (Lipinski definition) is 1. The maximum atomic E-state index is 11.9. The summed E-state index contributed by atoms with van der Waals surface area (Å²) in [5.41, 5.74) is 0.839. The second-order valence-corrected chi connectivity index (χ2v) is 6.78. The molecule has 19 heavy (non-hydrogen) atoms. The lowest BCUT2D eigenvalue weighted by molar-refractivity contribution is 0.577. The molecule has 0 fully saturated rings. The molecule has 0 spiro atoms. The quantitative estimate of drug-likeness (QED) is 0.631. The average molecular weight is 389 g/mol. The third kappa shape index (κ3) is 3.87. The van der Waals surface area contributed by atoms with E-state index in [0.29, 0.717) is 10.1 Å². The second kappa shape index (κ2) is 6.62. The zero-order valence-corrected chi connectivity index (χ0v) is 13.9. The van der Waals surface area contributed by atoms with E-state index in [9.17, 15) is 4.79 Å². The van der Waals surface area contributed by atoms with Gasteiger partial charge in [0.05, 0.1) is 15.6 Å². The molecule has 102 valence electrons. The second-order valence-electron chi connectivity index (χ2n) is 4.33. The number of thiophene rings is 1. The van der Waals surface area contributed by atoms with Crippen LogP contribution in [0.1, 0.15) is 15.4 Å².